The SMILES string of the molecule is Cc1cc(C(=O)C(C)NCC(C)O)ccc1Cl. The molecule has 0 aliphatic rings. The van der Waals surface area contributed by atoms with Gasteiger partial charge in [-0.2, -0.15) is 0 Å². The quantitative estimate of drug-likeness (QED) is 0.793. The normalized spacial score (nSPS) is 14.4. The minimum absolute atomic E-state index is 0.00502. The second-order valence-electron chi connectivity index (χ2n) is 4.31. The van der Waals surface area contributed by atoms with Crippen LogP contribution in [0.2, 0.25) is 5.02 Å². The van der Waals surface area contributed by atoms with E-state index in [0.717, 1.165) is 5.56 Å². The molecule has 0 aliphatic heterocycles. The minimum Gasteiger partial charge on any atom is -0.392 e. The second kappa shape index (κ2) is 6.15. The van der Waals surface area contributed by atoms with E-state index >= 15 is 0 Å². The summed E-state index contributed by atoms with van der Waals surface area (Å²) in [7, 11) is 0. The molecule has 17 heavy (non-hydrogen) atoms. The number of aryl methyl sites for hydroxylation is 1. The van der Waals surface area contributed by atoms with Crippen molar-refractivity contribution in [2.24, 2.45) is 0 Å². The predicted molar refractivity (Wildman–Crippen MR) is 69.7 cm³/mol. The Kier molecular flexibility index (Phi) is 5.12. The molecule has 0 amide bonds. The van der Waals surface area contributed by atoms with Gasteiger partial charge in [0.05, 0.1) is 12.1 Å². The first-order valence-electron chi connectivity index (χ1n) is 5.63. The van der Waals surface area contributed by atoms with Crippen molar-refractivity contribution in [1.82, 2.24) is 5.32 Å². The van der Waals surface area contributed by atoms with E-state index in [2.05, 4.69) is 5.32 Å². The molecule has 3 nitrogen and oxygen atoms in total. The number of nitrogens with one attached hydrogen (secondary N) is 1. The van der Waals surface area contributed by atoms with Crippen molar-refractivity contribution in [3.05, 3.63) is 34.3 Å². The van der Waals surface area contributed by atoms with Crippen molar-refractivity contribution in [3.63, 3.8) is 0 Å². The van der Waals surface area contributed by atoms with Gasteiger partial charge in [0.25, 0.3) is 0 Å². The van der Waals surface area contributed by atoms with Gasteiger partial charge >= 0.3 is 0 Å². The van der Waals surface area contributed by atoms with E-state index in [0.29, 0.717) is 17.1 Å². The van der Waals surface area contributed by atoms with Gasteiger partial charge in [-0.1, -0.05) is 11.6 Å². The Morgan fingerprint density at radius 1 is 1.47 bits per heavy atom. The molecule has 0 fully saturated rings. The van der Waals surface area contributed by atoms with Gasteiger partial charge in [0.2, 0.25) is 0 Å². The summed E-state index contributed by atoms with van der Waals surface area (Å²) in [6.07, 6.45) is -0.461. The van der Waals surface area contributed by atoms with Crippen LogP contribution in [0.25, 0.3) is 0 Å². The van der Waals surface area contributed by atoms with Crippen LogP contribution < -0.4 is 5.32 Å². The van der Waals surface area contributed by atoms with Crippen molar-refractivity contribution < 1.29 is 9.90 Å². The number of Topliss-reactive ketones (excluding diaryl/α,β-unsaturated/α-hetero) is 1. The Hall–Kier alpha value is -0.900. The first-order chi connectivity index (χ1) is 7.91. The monoisotopic (exact) mass is 255 g/mol. The summed E-state index contributed by atoms with van der Waals surface area (Å²) in [5.41, 5.74) is 1.53. The van der Waals surface area contributed by atoms with Crippen LogP contribution in [0.3, 0.4) is 0 Å². The number of carbonyl (C=O) groups is 1. The smallest absolute Gasteiger partial charge is 0.179 e. The molecular weight excluding hydrogens is 238 g/mol. The molecule has 0 heterocycles. The van der Waals surface area contributed by atoms with Crippen molar-refractivity contribution in [1.29, 1.82) is 0 Å². The van der Waals surface area contributed by atoms with Crippen molar-refractivity contribution in [2.45, 2.75) is 32.9 Å². The Labute approximate surface area is 107 Å². The van der Waals surface area contributed by atoms with Gasteiger partial charge in [-0.15, -0.1) is 0 Å². The number of ketones is 1. The topological polar surface area (TPSA) is 49.3 Å². The van der Waals surface area contributed by atoms with Crippen LogP contribution in [-0.2, 0) is 0 Å². The number of halogens is 1. The molecule has 2 N–H and O–H groups in total. The van der Waals surface area contributed by atoms with Crippen LogP contribution in [0.15, 0.2) is 18.2 Å². The number of hydrogen-bond acceptors (Lipinski definition) is 3. The van der Waals surface area contributed by atoms with Gasteiger partial charge in [-0.3, -0.25) is 4.79 Å². The van der Waals surface area contributed by atoms with E-state index in [1.165, 1.54) is 0 Å². The maximum Gasteiger partial charge on any atom is 0.179 e. The van der Waals surface area contributed by atoms with Crippen LogP contribution in [0.1, 0.15) is 29.8 Å². The highest BCUT2D eigenvalue weighted by Crippen LogP contribution is 2.17. The van der Waals surface area contributed by atoms with Gasteiger partial charge in [0.1, 0.15) is 0 Å². The van der Waals surface area contributed by atoms with Crippen molar-refractivity contribution >= 4 is 17.4 Å². The molecule has 1 aromatic carbocycles. The first-order valence-corrected chi connectivity index (χ1v) is 6.01. The van der Waals surface area contributed by atoms with Gasteiger partial charge in [0, 0.05) is 17.1 Å². The zero-order valence-corrected chi connectivity index (χ0v) is 11.1. The minimum atomic E-state index is -0.461. The summed E-state index contributed by atoms with van der Waals surface area (Å²) < 4.78 is 0. The number of benzene rings is 1. The van der Waals surface area contributed by atoms with Gasteiger partial charge in [0.15, 0.2) is 5.78 Å². The van der Waals surface area contributed by atoms with Gasteiger partial charge in [-0.25, -0.2) is 0 Å². The standard InChI is InChI=1S/C13H18ClNO2/c1-8-6-11(4-5-12(8)14)13(17)10(3)15-7-9(2)16/h4-6,9-10,15-16H,7H2,1-3H3. The van der Waals surface area contributed by atoms with Crippen LogP contribution in [0.5, 0.6) is 0 Å². The first kappa shape index (κ1) is 14.2. The van der Waals surface area contributed by atoms with Crippen LogP contribution in [0, 0.1) is 6.92 Å². The van der Waals surface area contributed by atoms with Crippen molar-refractivity contribution in [3.8, 4) is 0 Å². The van der Waals surface area contributed by atoms with Crippen LogP contribution in [-0.4, -0.2) is 29.6 Å². The molecule has 0 aromatic heterocycles. The zero-order chi connectivity index (χ0) is 13.0. The molecule has 0 saturated carbocycles. The molecule has 1 rings (SSSR count). The highest BCUT2D eigenvalue weighted by Gasteiger charge is 2.15. The number of hydrogen-bond donors (Lipinski definition) is 2. The lowest BCUT2D eigenvalue weighted by atomic mass is 10.0. The Morgan fingerprint density at radius 2 is 2.12 bits per heavy atom. The maximum atomic E-state index is 12.0. The maximum absolute atomic E-state index is 12.0. The molecule has 0 aliphatic carbocycles. The second-order valence-corrected chi connectivity index (χ2v) is 4.71. The van der Waals surface area contributed by atoms with E-state index in [-0.39, 0.29) is 11.8 Å². The molecule has 2 unspecified atom stereocenters. The summed E-state index contributed by atoms with van der Waals surface area (Å²) in [4.78, 5) is 12.0. The number of aliphatic hydroxyl groups excluding tert-OH is 1. The predicted octanol–water partition coefficient (Wildman–Crippen LogP) is 2.19. The largest absolute Gasteiger partial charge is 0.392 e. The Morgan fingerprint density at radius 3 is 2.65 bits per heavy atom. The highest BCUT2D eigenvalue weighted by molar-refractivity contribution is 6.31. The fourth-order valence-electron chi connectivity index (χ4n) is 1.49. The lowest BCUT2D eigenvalue weighted by Gasteiger charge is -2.14. The molecule has 1 aromatic rings. The van der Waals surface area contributed by atoms with Gasteiger partial charge < -0.3 is 10.4 Å². The van der Waals surface area contributed by atoms with E-state index in [1.54, 1.807) is 32.0 Å². The van der Waals surface area contributed by atoms with Gasteiger partial charge in [-0.05, 0) is 44.5 Å². The summed E-state index contributed by atoms with van der Waals surface area (Å²) >= 11 is 5.91. The highest BCUT2D eigenvalue weighted by atomic mass is 35.5. The molecular formula is C13H18ClNO2. The summed E-state index contributed by atoms with van der Waals surface area (Å²) in [5.74, 6) is 0.00502. The van der Waals surface area contributed by atoms with E-state index in [1.807, 2.05) is 6.92 Å². The number of carbonyl (C=O) groups excluding carboxylic acids is 1. The lowest BCUT2D eigenvalue weighted by Crippen LogP contribution is -2.38. The number of rotatable bonds is 5. The molecule has 4 heteroatoms. The number of aliphatic hydroxyl groups is 1. The summed E-state index contributed by atoms with van der Waals surface area (Å²) in [5, 5.41) is 12.8. The fourth-order valence-corrected chi connectivity index (χ4v) is 1.61. The summed E-state index contributed by atoms with van der Waals surface area (Å²) in [6, 6.07) is 4.92. The van der Waals surface area contributed by atoms with E-state index in [9.17, 15) is 4.79 Å². The molecule has 94 valence electrons. The fraction of sp³-hybridized carbons (Fsp3) is 0.462. The Bertz CT molecular complexity index is 404. The molecule has 0 radical (unpaired) electrons. The third-order valence-electron chi connectivity index (χ3n) is 2.56. The average Bonchev–Trinajstić information content (AvgIpc) is 2.28. The van der Waals surface area contributed by atoms with Crippen LogP contribution >= 0.6 is 11.6 Å². The van der Waals surface area contributed by atoms with Crippen molar-refractivity contribution in [2.75, 3.05) is 6.54 Å². The van der Waals surface area contributed by atoms with E-state index in [4.69, 9.17) is 16.7 Å². The molecule has 0 spiro atoms. The Balaban J connectivity index is 2.71. The third kappa shape index (κ3) is 4.11. The van der Waals surface area contributed by atoms with Crippen LogP contribution in [0.4, 0.5) is 0 Å². The third-order valence-corrected chi connectivity index (χ3v) is 2.98. The molecule has 0 saturated heterocycles. The van der Waals surface area contributed by atoms with E-state index < -0.39 is 6.10 Å². The lowest BCUT2D eigenvalue weighted by molar-refractivity contribution is 0.0941. The zero-order valence-electron chi connectivity index (χ0n) is 10.3. The molecule has 2 atom stereocenters. The summed E-state index contributed by atoms with van der Waals surface area (Å²) in [6.45, 7) is 5.73. The average molecular weight is 256 g/mol. The molecule has 0 bridgehead atoms.